The molecule has 104 valence electrons. The predicted molar refractivity (Wildman–Crippen MR) is 86.9 cm³/mol. The summed E-state index contributed by atoms with van der Waals surface area (Å²) >= 11 is 3.48. The van der Waals surface area contributed by atoms with Crippen LogP contribution in [0.3, 0.4) is 0 Å². The first-order valence-corrected chi connectivity index (χ1v) is 8.10. The van der Waals surface area contributed by atoms with E-state index in [-0.39, 0.29) is 0 Å². The van der Waals surface area contributed by atoms with E-state index in [4.69, 9.17) is 5.73 Å². The van der Waals surface area contributed by atoms with E-state index in [1.54, 1.807) is 0 Å². The molecule has 0 radical (unpaired) electrons. The predicted octanol–water partition coefficient (Wildman–Crippen LogP) is 3.82. The number of benzene rings is 1. The first-order chi connectivity index (χ1) is 9.72. The fraction of sp³-hybridized carbons (Fsp3) is 0.438. The number of fused-ring (bicyclic) bond motifs is 2. The summed E-state index contributed by atoms with van der Waals surface area (Å²) in [5.41, 5.74) is 9.19. The first-order valence-electron chi connectivity index (χ1n) is 7.31. The first kappa shape index (κ1) is 12.5. The van der Waals surface area contributed by atoms with E-state index in [1.807, 2.05) is 12.3 Å². The van der Waals surface area contributed by atoms with Gasteiger partial charge in [0.1, 0.15) is 0 Å². The lowest BCUT2D eigenvalue weighted by molar-refractivity contribution is 0.494. The van der Waals surface area contributed by atoms with Crippen LogP contribution in [0.5, 0.6) is 0 Å². The molecule has 1 aromatic carbocycles. The average Bonchev–Trinajstić information content (AvgIpc) is 3.00. The molecule has 20 heavy (non-hydrogen) atoms. The molecule has 1 aliphatic carbocycles. The zero-order valence-electron chi connectivity index (χ0n) is 11.3. The number of rotatable bonds is 1. The maximum Gasteiger partial charge on any atom is 0.0956 e. The zero-order chi connectivity index (χ0) is 13.7. The van der Waals surface area contributed by atoms with E-state index in [1.165, 1.54) is 38.0 Å². The number of nitrogens with zero attached hydrogens (tertiary/aromatic N) is 2. The summed E-state index contributed by atoms with van der Waals surface area (Å²) < 4.78 is 0.979. The summed E-state index contributed by atoms with van der Waals surface area (Å²) in [7, 11) is 0. The maximum absolute atomic E-state index is 6.11. The van der Waals surface area contributed by atoms with E-state index in [2.05, 4.69) is 37.9 Å². The Balaban J connectivity index is 1.79. The quantitative estimate of drug-likeness (QED) is 0.808. The molecule has 1 aliphatic heterocycles. The molecule has 2 N–H and O–H groups in total. The summed E-state index contributed by atoms with van der Waals surface area (Å²) in [6.45, 7) is 2.36. The van der Waals surface area contributed by atoms with Crippen LogP contribution in [0.4, 0.5) is 11.4 Å². The Morgan fingerprint density at radius 3 is 2.70 bits per heavy atom. The Labute approximate surface area is 127 Å². The van der Waals surface area contributed by atoms with Crippen molar-refractivity contribution in [3.8, 4) is 0 Å². The van der Waals surface area contributed by atoms with Crippen LogP contribution >= 0.6 is 15.9 Å². The lowest BCUT2D eigenvalue weighted by atomic mass is 10.0. The Bertz CT molecular complexity index is 658. The molecular weight excluding hydrogens is 314 g/mol. The summed E-state index contributed by atoms with van der Waals surface area (Å²) in [5.74, 6) is 1.77. The molecular formula is C16H18BrN3. The Kier molecular flexibility index (Phi) is 2.88. The van der Waals surface area contributed by atoms with E-state index in [9.17, 15) is 0 Å². The van der Waals surface area contributed by atoms with E-state index in [0.29, 0.717) is 0 Å². The van der Waals surface area contributed by atoms with Crippen LogP contribution in [-0.4, -0.2) is 18.1 Å². The standard InChI is InChI=1S/C16H18BrN3/c17-12-6-13-14(18)4-5-15(16(13)19-7-12)20-8-10-2-1-3-11(10)9-20/h4-7,10-11H,1-3,8-9,18H2. The topological polar surface area (TPSA) is 42.1 Å². The molecule has 1 aromatic heterocycles. The summed E-state index contributed by atoms with van der Waals surface area (Å²) in [6.07, 6.45) is 6.07. The summed E-state index contributed by atoms with van der Waals surface area (Å²) in [5, 5.41) is 1.05. The highest BCUT2D eigenvalue weighted by Gasteiger charge is 2.36. The van der Waals surface area contributed by atoms with Gasteiger partial charge < -0.3 is 10.6 Å². The molecule has 4 heteroatoms. The number of nitrogens with two attached hydrogens (primary N) is 1. The van der Waals surface area contributed by atoms with E-state index in [0.717, 1.165) is 32.9 Å². The fourth-order valence-corrected chi connectivity index (χ4v) is 4.22. The van der Waals surface area contributed by atoms with Crippen LogP contribution in [0.15, 0.2) is 28.9 Å². The SMILES string of the molecule is Nc1ccc(N2CC3CCCC3C2)c2ncc(Br)cc12. The Morgan fingerprint density at radius 2 is 1.95 bits per heavy atom. The van der Waals surface area contributed by atoms with Crippen LogP contribution in [0, 0.1) is 11.8 Å². The molecule has 4 rings (SSSR count). The number of halogens is 1. The molecule has 2 aliphatic rings. The van der Waals surface area contributed by atoms with Crippen LogP contribution in [-0.2, 0) is 0 Å². The van der Waals surface area contributed by atoms with Crippen LogP contribution in [0.25, 0.3) is 10.9 Å². The smallest absolute Gasteiger partial charge is 0.0956 e. The van der Waals surface area contributed by atoms with Crippen molar-refractivity contribution >= 4 is 38.2 Å². The molecule has 3 nitrogen and oxygen atoms in total. The number of anilines is 2. The molecule has 1 saturated heterocycles. The monoisotopic (exact) mass is 331 g/mol. The van der Waals surface area contributed by atoms with E-state index >= 15 is 0 Å². The minimum absolute atomic E-state index is 0.803. The van der Waals surface area contributed by atoms with Gasteiger partial charge in [-0.2, -0.15) is 0 Å². The normalized spacial score (nSPS) is 25.4. The van der Waals surface area contributed by atoms with Crippen molar-refractivity contribution in [2.75, 3.05) is 23.7 Å². The van der Waals surface area contributed by atoms with Crippen molar-refractivity contribution in [1.82, 2.24) is 4.98 Å². The third-order valence-electron chi connectivity index (χ3n) is 4.90. The molecule has 0 amide bonds. The highest BCUT2D eigenvalue weighted by atomic mass is 79.9. The number of aromatic nitrogens is 1. The van der Waals surface area contributed by atoms with Crippen LogP contribution < -0.4 is 10.6 Å². The molecule has 0 spiro atoms. The van der Waals surface area contributed by atoms with Crippen molar-refractivity contribution < 1.29 is 0 Å². The minimum Gasteiger partial charge on any atom is -0.398 e. The van der Waals surface area contributed by atoms with Gasteiger partial charge in [0.05, 0.1) is 11.2 Å². The average molecular weight is 332 g/mol. The highest BCUT2D eigenvalue weighted by molar-refractivity contribution is 9.10. The second kappa shape index (κ2) is 4.62. The zero-order valence-corrected chi connectivity index (χ0v) is 12.9. The molecule has 0 bridgehead atoms. The van der Waals surface area contributed by atoms with Gasteiger partial charge in [-0.05, 0) is 58.8 Å². The van der Waals surface area contributed by atoms with Gasteiger partial charge in [0.15, 0.2) is 0 Å². The largest absolute Gasteiger partial charge is 0.398 e. The highest BCUT2D eigenvalue weighted by Crippen LogP contribution is 2.41. The third kappa shape index (κ3) is 1.89. The molecule has 2 atom stereocenters. The van der Waals surface area contributed by atoms with Gasteiger partial charge in [-0.1, -0.05) is 6.42 Å². The van der Waals surface area contributed by atoms with Gasteiger partial charge in [-0.25, -0.2) is 0 Å². The van der Waals surface area contributed by atoms with Crippen LogP contribution in [0.2, 0.25) is 0 Å². The Hall–Kier alpha value is -1.29. The van der Waals surface area contributed by atoms with Gasteiger partial charge >= 0.3 is 0 Å². The van der Waals surface area contributed by atoms with Crippen molar-refractivity contribution in [3.05, 3.63) is 28.9 Å². The lowest BCUT2D eigenvalue weighted by Gasteiger charge is -2.21. The molecule has 2 unspecified atom stereocenters. The number of hydrogen-bond acceptors (Lipinski definition) is 3. The van der Waals surface area contributed by atoms with Crippen LogP contribution in [0.1, 0.15) is 19.3 Å². The van der Waals surface area contributed by atoms with Gasteiger partial charge in [-0.3, -0.25) is 4.98 Å². The van der Waals surface area contributed by atoms with Crippen molar-refractivity contribution in [3.63, 3.8) is 0 Å². The molecule has 2 aromatic rings. The van der Waals surface area contributed by atoms with Gasteiger partial charge in [0.2, 0.25) is 0 Å². The number of nitrogen functional groups attached to an aromatic ring is 1. The maximum atomic E-state index is 6.11. The lowest BCUT2D eigenvalue weighted by Crippen LogP contribution is -2.21. The van der Waals surface area contributed by atoms with Crippen molar-refractivity contribution in [1.29, 1.82) is 0 Å². The van der Waals surface area contributed by atoms with Crippen molar-refractivity contribution in [2.24, 2.45) is 11.8 Å². The number of hydrogen-bond donors (Lipinski definition) is 1. The fourth-order valence-electron chi connectivity index (χ4n) is 3.89. The van der Waals surface area contributed by atoms with Gasteiger partial charge in [0.25, 0.3) is 0 Å². The Morgan fingerprint density at radius 1 is 1.20 bits per heavy atom. The third-order valence-corrected chi connectivity index (χ3v) is 5.33. The second-order valence-corrected chi connectivity index (χ2v) is 7.00. The minimum atomic E-state index is 0.803. The van der Waals surface area contributed by atoms with E-state index < -0.39 is 0 Å². The number of pyridine rings is 1. The van der Waals surface area contributed by atoms with Gasteiger partial charge in [0, 0.05) is 34.8 Å². The van der Waals surface area contributed by atoms with Gasteiger partial charge in [-0.15, -0.1) is 0 Å². The summed E-state index contributed by atoms with van der Waals surface area (Å²) in [6, 6.07) is 6.22. The summed E-state index contributed by atoms with van der Waals surface area (Å²) in [4.78, 5) is 7.12. The van der Waals surface area contributed by atoms with Crippen molar-refractivity contribution in [2.45, 2.75) is 19.3 Å². The molecule has 2 heterocycles. The second-order valence-electron chi connectivity index (χ2n) is 6.08. The molecule has 1 saturated carbocycles. The molecule has 2 fully saturated rings.